The van der Waals surface area contributed by atoms with Crippen LogP contribution in [-0.2, 0) is 9.53 Å². The molecule has 0 fully saturated rings. The third-order valence-electron chi connectivity index (χ3n) is 1.91. The van der Waals surface area contributed by atoms with Crippen molar-refractivity contribution in [1.29, 1.82) is 0 Å². The summed E-state index contributed by atoms with van der Waals surface area (Å²) in [5.41, 5.74) is 9.22. The molecule has 4 heteroatoms. The fraction of sp³-hybridized carbons (Fsp3) is 0.273. The van der Waals surface area contributed by atoms with Gasteiger partial charge in [0.05, 0.1) is 6.61 Å². The quantitative estimate of drug-likeness (QED) is 0.324. The van der Waals surface area contributed by atoms with Crippen LogP contribution in [0.2, 0.25) is 0 Å². The van der Waals surface area contributed by atoms with E-state index in [2.05, 4.69) is 4.79 Å². The highest BCUT2D eigenvalue weighted by molar-refractivity contribution is 5.94. The summed E-state index contributed by atoms with van der Waals surface area (Å²) in [6.07, 6.45) is 1.16. The van der Waals surface area contributed by atoms with Gasteiger partial charge in [-0.25, -0.2) is 0 Å². The van der Waals surface area contributed by atoms with Crippen LogP contribution in [0.15, 0.2) is 30.3 Å². The lowest BCUT2D eigenvalue weighted by Crippen LogP contribution is -2.17. The molecule has 1 atom stereocenters. The molecule has 0 heterocycles. The van der Waals surface area contributed by atoms with E-state index in [1.165, 1.54) is 0 Å². The summed E-state index contributed by atoms with van der Waals surface area (Å²) in [5, 5.41) is 0. The number of carbonyl (C=O) groups is 1. The largest absolute Gasteiger partial charge is 0.465 e. The average molecular weight is 204 g/mol. The van der Waals surface area contributed by atoms with E-state index < -0.39 is 11.9 Å². The minimum absolute atomic E-state index is 0.307. The molecule has 0 aliphatic carbocycles. The van der Waals surface area contributed by atoms with Gasteiger partial charge in [-0.1, -0.05) is 30.3 Å². The highest BCUT2D eigenvalue weighted by Crippen LogP contribution is 2.14. The maximum absolute atomic E-state index is 11.5. The summed E-state index contributed by atoms with van der Waals surface area (Å²) in [6, 6.07) is 9.04. The third-order valence-corrected chi connectivity index (χ3v) is 1.91. The van der Waals surface area contributed by atoms with Gasteiger partial charge in [-0.05, 0) is 12.5 Å². The Kier molecular flexibility index (Phi) is 4.26. The summed E-state index contributed by atoms with van der Waals surface area (Å²) < 4.78 is 4.87. The van der Waals surface area contributed by atoms with Gasteiger partial charge < -0.3 is 10.3 Å². The molecule has 0 amide bonds. The van der Waals surface area contributed by atoms with Crippen molar-refractivity contribution < 1.29 is 14.3 Å². The maximum Gasteiger partial charge on any atom is 0.324 e. The fourth-order valence-corrected chi connectivity index (χ4v) is 1.24. The van der Waals surface area contributed by atoms with Crippen LogP contribution in [0.5, 0.6) is 0 Å². The van der Waals surface area contributed by atoms with Crippen LogP contribution in [0.4, 0.5) is 0 Å². The molecule has 1 rings (SSSR count). The third kappa shape index (κ3) is 3.04. The van der Waals surface area contributed by atoms with Crippen LogP contribution in [-0.4, -0.2) is 23.6 Å². The van der Waals surface area contributed by atoms with Gasteiger partial charge in [-0.3, -0.25) is 4.79 Å². The maximum atomic E-state index is 11.5. The van der Waals surface area contributed by atoms with E-state index in [4.69, 9.17) is 10.3 Å². The van der Waals surface area contributed by atoms with E-state index in [0.29, 0.717) is 6.61 Å². The van der Waals surface area contributed by atoms with E-state index in [1.54, 1.807) is 19.1 Å². The van der Waals surface area contributed by atoms with Gasteiger partial charge in [0, 0.05) is 0 Å². The van der Waals surface area contributed by atoms with Crippen molar-refractivity contribution in [3.05, 3.63) is 41.4 Å². The van der Waals surface area contributed by atoms with Gasteiger partial charge in [0.2, 0.25) is 0 Å². The molecule has 0 aromatic heterocycles. The lowest BCUT2D eigenvalue weighted by molar-refractivity contribution is -0.143. The van der Waals surface area contributed by atoms with E-state index in [9.17, 15) is 4.79 Å². The molecular weight excluding hydrogens is 192 g/mol. The highest BCUT2D eigenvalue weighted by atomic mass is 16.5. The van der Waals surface area contributed by atoms with Crippen LogP contribution in [0.25, 0.3) is 5.53 Å². The van der Waals surface area contributed by atoms with Crippen LogP contribution in [0.1, 0.15) is 18.4 Å². The minimum Gasteiger partial charge on any atom is -0.465 e. The zero-order valence-corrected chi connectivity index (χ0v) is 8.46. The molecule has 0 saturated carbocycles. The predicted octanol–water partition coefficient (Wildman–Crippen LogP) is 1.63. The van der Waals surface area contributed by atoms with Crippen molar-refractivity contribution in [3.63, 3.8) is 0 Å². The smallest absolute Gasteiger partial charge is 0.324 e. The van der Waals surface area contributed by atoms with Crippen molar-refractivity contribution in [2.24, 2.45) is 0 Å². The second-order valence-corrected chi connectivity index (χ2v) is 2.90. The molecule has 4 nitrogen and oxygen atoms in total. The first-order chi connectivity index (χ1) is 7.29. The van der Waals surface area contributed by atoms with E-state index in [1.807, 2.05) is 18.2 Å². The number of esters is 1. The van der Waals surface area contributed by atoms with Gasteiger partial charge >= 0.3 is 5.97 Å². The van der Waals surface area contributed by atoms with Crippen LogP contribution in [0, 0.1) is 0 Å². The van der Waals surface area contributed by atoms with Gasteiger partial charge in [0.15, 0.2) is 5.92 Å². The highest BCUT2D eigenvalue weighted by Gasteiger charge is 2.23. The van der Waals surface area contributed by atoms with Gasteiger partial charge in [-0.15, -0.1) is 0 Å². The molecule has 0 aliphatic heterocycles. The Morgan fingerprint density at radius 2 is 2.20 bits per heavy atom. The molecule has 0 radical (unpaired) electrons. The topological polar surface area (TPSA) is 62.7 Å². The predicted molar refractivity (Wildman–Crippen MR) is 55.5 cm³/mol. The number of hydrogen-bond acceptors (Lipinski definition) is 2. The minimum atomic E-state index is -0.642. The van der Waals surface area contributed by atoms with Crippen molar-refractivity contribution in [1.82, 2.24) is 0 Å². The van der Waals surface area contributed by atoms with Gasteiger partial charge in [0.25, 0.3) is 6.21 Å². The first-order valence-electron chi connectivity index (χ1n) is 4.68. The van der Waals surface area contributed by atoms with Crippen LogP contribution < -0.4 is 0 Å². The number of hydrogen-bond donors (Lipinski definition) is 0. The molecule has 0 aliphatic rings. The second kappa shape index (κ2) is 5.73. The molecule has 0 bridgehead atoms. The Bertz CT molecular complexity index is 369. The molecule has 15 heavy (non-hydrogen) atoms. The molecule has 0 spiro atoms. The van der Waals surface area contributed by atoms with Crippen LogP contribution in [0.3, 0.4) is 0 Å². The molecule has 1 unspecified atom stereocenters. The SMILES string of the molecule is CCOC(=O)C(C=[N+]=[N-])c1ccccc1. The molecule has 1 aromatic rings. The Morgan fingerprint density at radius 3 is 2.73 bits per heavy atom. The number of nitrogens with zero attached hydrogens (tertiary/aromatic N) is 2. The normalized spacial score (nSPS) is 11.3. The summed E-state index contributed by atoms with van der Waals surface area (Å²) in [6.45, 7) is 2.04. The lowest BCUT2D eigenvalue weighted by Gasteiger charge is -2.07. The van der Waals surface area contributed by atoms with Gasteiger partial charge in [0.1, 0.15) is 0 Å². The monoisotopic (exact) mass is 204 g/mol. The standard InChI is InChI=1S/C11H12N2O2/c1-2-15-11(14)10(8-13-12)9-6-4-3-5-7-9/h3-8,10H,2H2,1H3. The van der Waals surface area contributed by atoms with E-state index in [0.717, 1.165) is 11.8 Å². The first kappa shape index (κ1) is 11.1. The van der Waals surface area contributed by atoms with E-state index in [-0.39, 0.29) is 0 Å². The Labute approximate surface area is 88.1 Å². The average Bonchev–Trinajstić information content (AvgIpc) is 2.27. The number of benzene rings is 1. The van der Waals surface area contributed by atoms with Crippen LogP contribution >= 0.6 is 0 Å². The zero-order chi connectivity index (χ0) is 11.1. The molecule has 1 aromatic carbocycles. The number of rotatable bonds is 4. The Hall–Kier alpha value is -1.93. The van der Waals surface area contributed by atoms with Crippen molar-refractivity contribution in [2.75, 3.05) is 6.61 Å². The summed E-state index contributed by atoms with van der Waals surface area (Å²) in [4.78, 5) is 14.4. The molecule has 0 saturated heterocycles. The van der Waals surface area contributed by atoms with Gasteiger partial charge in [-0.2, -0.15) is 4.79 Å². The Balaban J connectivity index is 2.93. The summed E-state index contributed by atoms with van der Waals surface area (Å²) in [5.74, 6) is -1.06. The molecule has 0 N–H and O–H groups in total. The van der Waals surface area contributed by atoms with Crippen molar-refractivity contribution in [3.8, 4) is 0 Å². The molecular formula is C11H12N2O2. The zero-order valence-electron chi connectivity index (χ0n) is 8.46. The number of carbonyl (C=O) groups excluding carboxylic acids is 1. The lowest BCUT2D eigenvalue weighted by atomic mass is 10.0. The molecule has 78 valence electrons. The summed E-state index contributed by atoms with van der Waals surface area (Å²) >= 11 is 0. The number of ether oxygens (including phenoxy) is 1. The second-order valence-electron chi connectivity index (χ2n) is 2.90. The van der Waals surface area contributed by atoms with E-state index >= 15 is 0 Å². The summed E-state index contributed by atoms with van der Waals surface area (Å²) in [7, 11) is 0. The fourth-order valence-electron chi connectivity index (χ4n) is 1.24. The van der Waals surface area contributed by atoms with Crippen molar-refractivity contribution in [2.45, 2.75) is 12.8 Å². The Morgan fingerprint density at radius 1 is 1.53 bits per heavy atom. The van der Waals surface area contributed by atoms with Crippen molar-refractivity contribution >= 4 is 12.2 Å². The first-order valence-corrected chi connectivity index (χ1v) is 4.68.